The van der Waals surface area contributed by atoms with E-state index in [1.807, 2.05) is 18.4 Å². The van der Waals surface area contributed by atoms with E-state index in [0.717, 1.165) is 18.8 Å². The molecule has 2 rings (SSSR count). The molecule has 0 atom stereocenters. The van der Waals surface area contributed by atoms with Crippen molar-refractivity contribution in [1.29, 1.82) is 0 Å². The Hall–Kier alpha value is -2.29. The molecule has 0 bridgehead atoms. The molecule has 8 nitrogen and oxygen atoms in total. The summed E-state index contributed by atoms with van der Waals surface area (Å²) in [5.41, 5.74) is 0.0225. The summed E-state index contributed by atoms with van der Waals surface area (Å²) >= 11 is 5.12. The minimum Gasteiger partial charge on any atom is -0.350 e. The number of aryl methyl sites for hydroxylation is 1. The van der Waals surface area contributed by atoms with Crippen molar-refractivity contribution in [3.8, 4) is 0 Å². The Kier molecular flexibility index (Phi) is 5.80. The van der Waals surface area contributed by atoms with Crippen molar-refractivity contribution in [3.63, 3.8) is 0 Å². The molecule has 0 saturated heterocycles. The van der Waals surface area contributed by atoms with E-state index in [9.17, 15) is 9.59 Å². The van der Waals surface area contributed by atoms with Crippen LogP contribution in [0.25, 0.3) is 0 Å². The van der Waals surface area contributed by atoms with E-state index in [2.05, 4.69) is 20.6 Å². The number of aromatic nitrogens is 5. The molecule has 0 saturated carbocycles. The summed E-state index contributed by atoms with van der Waals surface area (Å²) in [6.45, 7) is 5.55. The van der Waals surface area contributed by atoms with Crippen molar-refractivity contribution in [2.75, 3.05) is 6.54 Å². The molecule has 0 aliphatic rings. The Morgan fingerprint density at radius 1 is 1.39 bits per heavy atom. The van der Waals surface area contributed by atoms with Gasteiger partial charge in [-0.1, -0.05) is 6.92 Å². The Morgan fingerprint density at radius 3 is 2.87 bits per heavy atom. The van der Waals surface area contributed by atoms with Gasteiger partial charge in [-0.2, -0.15) is 10.2 Å². The monoisotopic (exact) mass is 336 g/mol. The largest absolute Gasteiger partial charge is 0.350 e. The van der Waals surface area contributed by atoms with Gasteiger partial charge in [0, 0.05) is 32.1 Å². The first kappa shape index (κ1) is 17.1. The lowest BCUT2D eigenvalue weighted by atomic mass is 10.3. The third-order valence-corrected chi connectivity index (χ3v) is 3.63. The molecule has 23 heavy (non-hydrogen) atoms. The zero-order valence-electron chi connectivity index (χ0n) is 13.2. The van der Waals surface area contributed by atoms with Crippen LogP contribution in [0.5, 0.6) is 0 Å². The van der Waals surface area contributed by atoms with Crippen LogP contribution in [0.15, 0.2) is 16.9 Å². The molecular formula is C14H20N6O2S. The molecule has 0 unspecified atom stereocenters. The van der Waals surface area contributed by atoms with Gasteiger partial charge >= 0.3 is 0 Å². The van der Waals surface area contributed by atoms with E-state index >= 15 is 0 Å². The van der Waals surface area contributed by atoms with Gasteiger partial charge in [-0.3, -0.25) is 14.7 Å². The second-order valence-electron chi connectivity index (χ2n) is 4.98. The van der Waals surface area contributed by atoms with Crippen LogP contribution in [-0.4, -0.2) is 37.0 Å². The normalized spacial score (nSPS) is 10.7. The lowest BCUT2D eigenvalue weighted by molar-refractivity contribution is 0.0946. The molecule has 2 heterocycles. The molecular weight excluding hydrogens is 316 g/mol. The van der Waals surface area contributed by atoms with E-state index in [1.54, 1.807) is 0 Å². The average molecular weight is 336 g/mol. The van der Waals surface area contributed by atoms with E-state index in [0.29, 0.717) is 24.3 Å². The minimum absolute atomic E-state index is 0.207. The smallest absolute Gasteiger partial charge is 0.271 e. The third-order valence-electron chi connectivity index (χ3n) is 3.32. The fourth-order valence-electron chi connectivity index (χ4n) is 2.19. The van der Waals surface area contributed by atoms with Gasteiger partial charge in [-0.15, -0.1) is 0 Å². The zero-order chi connectivity index (χ0) is 16.8. The van der Waals surface area contributed by atoms with Crippen LogP contribution in [0, 0.1) is 4.77 Å². The highest BCUT2D eigenvalue weighted by molar-refractivity contribution is 7.71. The summed E-state index contributed by atoms with van der Waals surface area (Å²) in [5, 5.41) is 13.7. The van der Waals surface area contributed by atoms with Crippen LogP contribution < -0.4 is 10.9 Å². The van der Waals surface area contributed by atoms with Crippen molar-refractivity contribution in [2.24, 2.45) is 0 Å². The fourth-order valence-corrected chi connectivity index (χ4v) is 2.47. The predicted molar refractivity (Wildman–Crippen MR) is 87.9 cm³/mol. The molecule has 2 aromatic heterocycles. The summed E-state index contributed by atoms with van der Waals surface area (Å²) in [6, 6.07) is 2.80. The molecule has 0 radical (unpaired) electrons. The van der Waals surface area contributed by atoms with Crippen molar-refractivity contribution >= 4 is 18.1 Å². The number of amides is 1. The molecule has 0 spiro atoms. The summed E-state index contributed by atoms with van der Waals surface area (Å²) in [5.74, 6) is 0.480. The van der Waals surface area contributed by atoms with Gasteiger partial charge in [0.2, 0.25) is 0 Å². The minimum atomic E-state index is -0.313. The molecule has 0 aliphatic heterocycles. The average Bonchev–Trinajstić information content (AvgIpc) is 2.89. The first-order valence-electron chi connectivity index (χ1n) is 7.57. The molecule has 0 fully saturated rings. The van der Waals surface area contributed by atoms with Crippen LogP contribution in [0.2, 0.25) is 0 Å². The maximum absolute atomic E-state index is 12.1. The van der Waals surface area contributed by atoms with Gasteiger partial charge in [0.15, 0.2) is 4.77 Å². The highest BCUT2D eigenvalue weighted by Crippen LogP contribution is 1.99. The first-order valence-corrected chi connectivity index (χ1v) is 7.98. The molecule has 0 aliphatic carbocycles. The fraction of sp³-hybridized carbons (Fsp3) is 0.500. The van der Waals surface area contributed by atoms with E-state index < -0.39 is 0 Å². The number of carbonyl (C=O) groups is 1. The van der Waals surface area contributed by atoms with Crippen LogP contribution in [0.1, 0.15) is 36.6 Å². The quantitative estimate of drug-likeness (QED) is 0.732. The molecule has 1 amide bonds. The van der Waals surface area contributed by atoms with E-state index in [-0.39, 0.29) is 17.2 Å². The maximum Gasteiger partial charge on any atom is 0.271 e. The lowest BCUT2D eigenvalue weighted by Gasteiger charge is -2.07. The molecule has 124 valence electrons. The van der Waals surface area contributed by atoms with Crippen molar-refractivity contribution < 1.29 is 4.79 Å². The SMILES string of the molecule is CCCn1nc(C(=O)NCCc2n[nH]c(=S)n2CC)ccc1=O. The number of aromatic amines is 1. The predicted octanol–water partition coefficient (Wildman–Crippen LogP) is 0.900. The number of hydrogen-bond acceptors (Lipinski definition) is 5. The molecule has 0 aromatic carbocycles. The summed E-state index contributed by atoms with van der Waals surface area (Å²) in [4.78, 5) is 23.7. The highest BCUT2D eigenvalue weighted by atomic mass is 32.1. The van der Waals surface area contributed by atoms with Crippen molar-refractivity contribution in [1.82, 2.24) is 29.9 Å². The standard InChI is InChI=1S/C14H20N6O2S/c1-3-9-20-12(21)6-5-10(18-20)13(22)15-8-7-11-16-17-14(23)19(11)4-2/h5-6H,3-4,7-9H2,1-2H3,(H,15,22)(H,17,23). The first-order chi connectivity index (χ1) is 11.1. The van der Waals surface area contributed by atoms with Gasteiger partial charge in [-0.25, -0.2) is 4.68 Å². The summed E-state index contributed by atoms with van der Waals surface area (Å²) in [7, 11) is 0. The van der Waals surface area contributed by atoms with Gasteiger partial charge in [0.25, 0.3) is 11.5 Å². The van der Waals surface area contributed by atoms with Gasteiger partial charge < -0.3 is 9.88 Å². The Morgan fingerprint density at radius 2 is 2.17 bits per heavy atom. The number of carbonyl (C=O) groups excluding carboxylic acids is 1. The van der Waals surface area contributed by atoms with E-state index in [1.165, 1.54) is 16.8 Å². The highest BCUT2D eigenvalue weighted by Gasteiger charge is 2.10. The van der Waals surface area contributed by atoms with Crippen LogP contribution in [-0.2, 0) is 19.5 Å². The van der Waals surface area contributed by atoms with Gasteiger partial charge in [-0.05, 0) is 31.6 Å². The number of nitrogens with zero attached hydrogens (tertiary/aromatic N) is 4. The Labute approximate surface area is 138 Å². The lowest BCUT2D eigenvalue weighted by Crippen LogP contribution is -2.31. The number of rotatable bonds is 7. The Bertz CT molecular complexity index is 791. The Balaban J connectivity index is 1.98. The topological polar surface area (TPSA) is 97.6 Å². The summed E-state index contributed by atoms with van der Waals surface area (Å²) in [6.07, 6.45) is 1.33. The second kappa shape index (κ2) is 7.82. The van der Waals surface area contributed by atoms with Crippen LogP contribution >= 0.6 is 12.2 Å². The zero-order valence-corrected chi connectivity index (χ0v) is 14.0. The number of H-pyrrole nitrogens is 1. The number of nitrogens with one attached hydrogen (secondary N) is 2. The van der Waals surface area contributed by atoms with Gasteiger partial charge in [0.1, 0.15) is 11.5 Å². The second-order valence-corrected chi connectivity index (χ2v) is 5.36. The van der Waals surface area contributed by atoms with Crippen LogP contribution in [0.4, 0.5) is 0 Å². The van der Waals surface area contributed by atoms with Crippen LogP contribution in [0.3, 0.4) is 0 Å². The molecule has 2 N–H and O–H groups in total. The number of hydrogen-bond donors (Lipinski definition) is 2. The third kappa shape index (κ3) is 4.13. The van der Waals surface area contributed by atoms with E-state index in [4.69, 9.17) is 12.2 Å². The van der Waals surface area contributed by atoms with Gasteiger partial charge in [0.05, 0.1) is 0 Å². The van der Waals surface area contributed by atoms with Crippen molar-refractivity contribution in [2.45, 2.75) is 39.8 Å². The molecule has 9 heteroatoms. The molecule has 2 aromatic rings. The summed E-state index contributed by atoms with van der Waals surface area (Å²) < 4.78 is 3.75. The maximum atomic E-state index is 12.1. The van der Waals surface area contributed by atoms with Crippen molar-refractivity contribution in [3.05, 3.63) is 38.8 Å².